The Balaban J connectivity index is 1.95. The number of ketones is 1. The molecule has 0 unspecified atom stereocenters. The highest BCUT2D eigenvalue weighted by molar-refractivity contribution is 5.88. The number of rotatable bonds is 0. The van der Waals surface area contributed by atoms with Gasteiger partial charge in [0.15, 0.2) is 0 Å². The Bertz CT molecular complexity index is 195. The summed E-state index contributed by atoms with van der Waals surface area (Å²) in [6.07, 6.45) is 5.11. The molecule has 1 heteroatoms. The van der Waals surface area contributed by atoms with Crippen molar-refractivity contribution in [2.24, 2.45) is 23.7 Å². The molecule has 0 aromatic rings. The molecule has 3 rings (SSSR count). The molecule has 0 aromatic carbocycles. The maximum atomic E-state index is 11.1. The fraction of sp³-hybridized carbons (Fsp3) is 0.889. The molecule has 0 saturated heterocycles. The lowest BCUT2D eigenvalue weighted by atomic mass is 9.65. The molecule has 0 N–H and O–H groups in total. The number of fused-ring (bicyclic) bond motifs is 5. The van der Waals surface area contributed by atoms with Gasteiger partial charge in [0.2, 0.25) is 0 Å². The van der Waals surface area contributed by atoms with Crippen LogP contribution in [-0.2, 0) is 4.79 Å². The van der Waals surface area contributed by atoms with Crippen LogP contribution in [0.5, 0.6) is 0 Å². The summed E-state index contributed by atoms with van der Waals surface area (Å²) in [6.45, 7) is 0. The predicted molar refractivity (Wildman–Crippen MR) is 37.4 cm³/mol. The molecule has 3 aliphatic carbocycles. The third kappa shape index (κ3) is 0.415. The third-order valence-corrected chi connectivity index (χ3v) is 3.90. The molecular weight excluding hydrogens is 124 g/mol. The van der Waals surface area contributed by atoms with Crippen molar-refractivity contribution in [3.63, 3.8) is 0 Å². The molecule has 1 nitrogen and oxygen atoms in total. The van der Waals surface area contributed by atoms with Gasteiger partial charge in [-0.05, 0) is 37.0 Å². The normalized spacial score (nSPS) is 56.6. The standard InChI is InChI=1S/C9H12O/c10-8-4-7-5-1-2-6(3-5)9(7)8/h5-7,9H,1-4H2/t5-,6-,7+,9-/m0/s1. The van der Waals surface area contributed by atoms with Crippen molar-refractivity contribution < 1.29 is 4.79 Å². The van der Waals surface area contributed by atoms with E-state index in [2.05, 4.69) is 0 Å². The first-order valence-electron chi connectivity index (χ1n) is 4.39. The average molecular weight is 136 g/mol. The van der Waals surface area contributed by atoms with Crippen LogP contribution in [0, 0.1) is 23.7 Å². The summed E-state index contributed by atoms with van der Waals surface area (Å²) in [4.78, 5) is 11.1. The van der Waals surface area contributed by atoms with E-state index in [1.807, 2.05) is 0 Å². The lowest BCUT2D eigenvalue weighted by molar-refractivity contribution is -0.136. The highest BCUT2D eigenvalue weighted by Crippen LogP contribution is 2.59. The first-order valence-corrected chi connectivity index (χ1v) is 4.39. The minimum Gasteiger partial charge on any atom is -0.299 e. The van der Waals surface area contributed by atoms with Crippen LogP contribution in [0.25, 0.3) is 0 Å². The molecule has 0 aromatic heterocycles. The van der Waals surface area contributed by atoms with Gasteiger partial charge in [-0.15, -0.1) is 0 Å². The van der Waals surface area contributed by atoms with Crippen LogP contribution in [-0.4, -0.2) is 5.78 Å². The summed E-state index contributed by atoms with van der Waals surface area (Å²) in [6, 6.07) is 0. The quantitative estimate of drug-likeness (QED) is 0.494. The predicted octanol–water partition coefficient (Wildman–Crippen LogP) is 1.62. The molecule has 0 spiro atoms. The van der Waals surface area contributed by atoms with Crippen LogP contribution in [0.15, 0.2) is 0 Å². The molecule has 0 amide bonds. The molecule has 3 fully saturated rings. The van der Waals surface area contributed by atoms with E-state index in [4.69, 9.17) is 0 Å². The molecule has 3 aliphatic rings. The highest BCUT2D eigenvalue weighted by Gasteiger charge is 2.56. The van der Waals surface area contributed by atoms with Gasteiger partial charge in [0, 0.05) is 12.3 Å². The van der Waals surface area contributed by atoms with Gasteiger partial charge in [-0.25, -0.2) is 0 Å². The van der Waals surface area contributed by atoms with E-state index in [-0.39, 0.29) is 0 Å². The zero-order valence-corrected chi connectivity index (χ0v) is 6.05. The Labute approximate surface area is 60.8 Å². The summed E-state index contributed by atoms with van der Waals surface area (Å²) in [7, 11) is 0. The maximum absolute atomic E-state index is 11.1. The topological polar surface area (TPSA) is 17.1 Å². The van der Waals surface area contributed by atoms with Gasteiger partial charge in [-0.2, -0.15) is 0 Å². The largest absolute Gasteiger partial charge is 0.299 e. The van der Waals surface area contributed by atoms with Crippen LogP contribution >= 0.6 is 0 Å². The van der Waals surface area contributed by atoms with E-state index in [1.54, 1.807) is 0 Å². The summed E-state index contributed by atoms with van der Waals surface area (Å²) >= 11 is 0. The molecule has 3 saturated carbocycles. The summed E-state index contributed by atoms with van der Waals surface area (Å²) in [5.41, 5.74) is 0. The first kappa shape index (κ1) is 5.34. The highest BCUT2D eigenvalue weighted by atomic mass is 16.1. The average Bonchev–Trinajstić information content (AvgIpc) is 2.40. The second-order valence-corrected chi connectivity index (χ2v) is 4.19. The van der Waals surface area contributed by atoms with Gasteiger partial charge in [-0.1, -0.05) is 0 Å². The molecule has 54 valence electrons. The van der Waals surface area contributed by atoms with Gasteiger partial charge >= 0.3 is 0 Å². The van der Waals surface area contributed by atoms with Crippen LogP contribution in [0.3, 0.4) is 0 Å². The van der Waals surface area contributed by atoms with Gasteiger partial charge in [0.05, 0.1) is 0 Å². The van der Waals surface area contributed by atoms with Crippen molar-refractivity contribution >= 4 is 5.78 Å². The van der Waals surface area contributed by atoms with Crippen molar-refractivity contribution in [3.05, 3.63) is 0 Å². The van der Waals surface area contributed by atoms with Crippen molar-refractivity contribution in [2.45, 2.75) is 25.7 Å². The molecule has 4 atom stereocenters. The van der Waals surface area contributed by atoms with Gasteiger partial charge in [-0.3, -0.25) is 4.79 Å². The molecule has 10 heavy (non-hydrogen) atoms. The van der Waals surface area contributed by atoms with Gasteiger partial charge < -0.3 is 0 Å². The zero-order valence-electron chi connectivity index (χ0n) is 6.05. The molecule has 0 heterocycles. The summed E-state index contributed by atoms with van der Waals surface area (Å²) in [5.74, 6) is 3.78. The Hall–Kier alpha value is -0.330. The SMILES string of the molecule is O=C1C[C@@H]2[C@H]3CC[C@@H](C3)[C@H]12. The lowest BCUT2D eigenvalue weighted by Crippen LogP contribution is -2.41. The summed E-state index contributed by atoms with van der Waals surface area (Å²) < 4.78 is 0. The fourth-order valence-electron chi connectivity index (χ4n) is 3.41. The number of hydrogen-bond donors (Lipinski definition) is 0. The maximum Gasteiger partial charge on any atom is 0.136 e. The fourth-order valence-corrected chi connectivity index (χ4v) is 3.41. The Morgan fingerprint density at radius 1 is 1.20 bits per heavy atom. The van der Waals surface area contributed by atoms with E-state index in [1.165, 1.54) is 19.3 Å². The first-order chi connectivity index (χ1) is 4.86. The van der Waals surface area contributed by atoms with E-state index in [9.17, 15) is 4.79 Å². The van der Waals surface area contributed by atoms with E-state index >= 15 is 0 Å². The van der Waals surface area contributed by atoms with E-state index in [0.717, 1.165) is 24.2 Å². The van der Waals surface area contributed by atoms with Gasteiger partial charge in [0.25, 0.3) is 0 Å². The van der Waals surface area contributed by atoms with E-state index in [0.29, 0.717) is 11.7 Å². The van der Waals surface area contributed by atoms with Crippen LogP contribution in [0.2, 0.25) is 0 Å². The summed E-state index contributed by atoms with van der Waals surface area (Å²) in [5, 5.41) is 0. The second kappa shape index (κ2) is 1.46. The van der Waals surface area contributed by atoms with Crippen LogP contribution < -0.4 is 0 Å². The van der Waals surface area contributed by atoms with Crippen LogP contribution in [0.1, 0.15) is 25.7 Å². The lowest BCUT2D eigenvalue weighted by Gasteiger charge is -2.38. The van der Waals surface area contributed by atoms with Gasteiger partial charge in [0.1, 0.15) is 5.78 Å². The Kier molecular flexibility index (Phi) is 0.781. The number of carbonyl (C=O) groups excluding carboxylic acids is 1. The third-order valence-electron chi connectivity index (χ3n) is 3.90. The van der Waals surface area contributed by atoms with Crippen molar-refractivity contribution in [1.29, 1.82) is 0 Å². The Morgan fingerprint density at radius 3 is 2.60 bits per heavy atom. The molecule has 2 bridgehead atoms. The second-order valence-electron chi connectivity index (χ2n) is 4.19. The minimum atomic E-state index is 0.554. The zero-order chi connectivity index (χ0) is 6.72. The molecular formula is C9H12O. The number of hydrogen-bond acceptors (Lipinski definition) is 1. The van der Waals surface area contributed by atoms with Crippen LogP contribution in [0.4, 0.5) is 0 Å². The number of carbonyl (C=O) groups is 1. The monoisotopic (exact) mass is 136 g/mol. The minimum absolute atomic E-state index is 0.554. The van der Waals surface area contributed by atoms with Crippen molar-refractivity contribution in [3.8, 4) is 0 Å². The molecule has 0 radical (unpaired) electrons. The Morgan fingerprint density at radius 2 is 2.00 bits per heavy atom. The number of Topliss-reactive ketones (excluding diaryl/α,β-unsaturated/α-hetero) is 1. The molecule has 0 aliphatic heterocycles. The van der Waals surface area contributed by atoms with Crippen molar-refractivity contribution in [1.82, 2.24) is 0 Å². The smallest absolute Gasteiger partial charge is 0.136 e. The van der Waals surface area contributed by atoms with E-state index < -0.39 is 0 Å². The van der Waals surface area contributed by atoms with Crippen molar-refractivity contribution in [2.75, 3.05) is 0 Å².